The zero-order chi connectivity index (χ0) is 17.2. The Labute approximate surface area is 150 Å². The average Bonchev–Trinajstić information content (AvgIpc) is 2.59. The molecular weight excluding hydrogens is 372 g/mol. The Hall–Kier alpha value is -2.08. The van der Waals surface area contributed by atoms with Gasteiger partial charge in [0.05, 0.1) is 17.7 Å². The Morgan fingerprint density at radius 2 is 2.04 bits per heavy atom. The number of carbonyl (C=O) groups excluding carboxylic acids is 1. The van der Waals surface area contributed by atoms with Crippen LogP contribution in [-0.2, 0) is 11.3 Å². The molecule has 0 radical (unpaired) electrons. The first-order valence-corrected chi connectivity index (χ1v) is 8.70. The van der Waals surface area contributed by atoms with E-state index in [9.17, 15) is 4.79 Å². The van der Waals surface area contributed by atoms with Crippen LogP contribution >= 0.6 is 15.9 Å². The third-order valence-corrected chi connectivity index (χ3v) is 3.90. The first-order chi connectivity index (χ1) is 11.7. The first kappa shape index (κ1) is 18.3. The second kappa shape index (κ2) is 9.93. The highest BCUT2D eigenvalue weighted by molar-refractivity contribution is 9.10. The van der Waals surface area contributed by atoms with Gasteiger partial charge in [-0.25, -0.2) is 4.98 Å². The monoisotopic (exact) mass is 392 g/mol. The van der Waals surface area contributed by atoms with Crippen molar-refractivity contribution in [2.24, 2.45) is 0 Å². The van der Waals surface area contributed by atoms with Crippen LogP contribution in [0.1, 0.15) is 25.3 Å². The lowest BCUT2D eigenvalue weighted by molar-refractivity contribution is -0.121. The predicted octanol–water partition coefficient (Wildman–Crippen LogP) is 3.72. The third-order valence-electron chi connectivity index (χ3n) is 3.25. The number of para-hydroxylation sites is 1. The number of rotatable bonds is 9. The van der Waals surface area contributed by atoms with Gasteiger partial charge in [0.25, 0.3) is 0 Å². The molecule has 6 heteroatoms. The maximum absolute atomic E-state index is 11.9. The molecule has 24 heavy (non-hydrogen) atoms. The van der Waals surface area contributed by atoms with Gasteiger partial charge >= 0.3 is 0 Å². The van der Waals surface area contributed by atoms with Gasteiger partial charge in [-0.1, -0.05) is 18.2 Å². The van der Waals surface area contributed by atoms with Crippen molar-refractivity contribution in [3.63, 3.8) is 0 Å². The summed E-state index contributed by atoms with van der Waals surface area (Å²) in [6, 6.07) is 11.4. The van der Waals surface area contributed by atoms with Crippen molar-refractivity contribution in [1.29, 1.82) is 0 Å². The number of hydrogen-bond acceptors (Lipinski definition) is 4. The number of pyridine rings is 1. The molecule has 2 aromatic rings. The predicted molar refractivity (Wildman–Crippen MR) is 96.1 cm³/mol. The van der Waals surface area contributed by atoms with Crippen LogP contribution in [0.4, 0.5) is 0 Å². The summed E-state index contributed by atoms with van der Waals surface area (Å²) in [6.07, 6.45) is 2.74. The number of ether oxygens (including phenoxy) is 2. The molecule has 128 valence electrons. The summed E-state index contributed by atoms with van der Waals surface area (Å²) in [5.41, 5.74) is 0.872. The van der Waals surface area contributed by atoms with Crippen LogP contribution in [0.2, 0.25) is 0 Å². The molecule has 0 spiro atoms. The maximum Gasteiger partial charge on any atom is 0.220 e. The van der Waals surface area contributed by atoms with E-state index in [4.69, 9.17) is 9.47 Å². The molecule has 0 fully saturated rings. The molecule has 1 aromatic heterocycles. The molecule has 1 N–H and O–H groups in total. The van der Waals surface area contributed by atoms with Crippen molar-refractivity contribution in [3.8, 4) is 11.6 Å². The van der Waals surface area contributed by atoms with Gasteiger partial charge in [-0.15, -0.1) is 0 Å². The van der Waals surface area contributed by atoms with Crippen LogP contribution in [0.15, 0.2) is 47.1 Å². The minimum atomic E-state index is -0.0166. The number of nitrogens with zero attached hydrogens (tertiary/aromatic N) is 1. The molecule has 0 saturated heterocycles. The van der Waals surface area contributed by atoms with Crippen LogP contribution in [0.3, 0.4) is 0 Å². The molecule has 1 aromatic carbocycles. The highest BCUT2D eigenvalue weighted by atomic mass is 79.9. The summed E-state index contributed by atoms with van der Waals surface area (Å²) in [7, 11) is 0. The molecule has 0 aliphatic rings. The van der Waals surface area contributed by atoms with E-state index in [0.29, 0.717) is 38.5 Å². The number of aromatic nitrogens is 1. The molecular formula is C18H21BrN2O3. The van der Waals surface area contributed by atoms with Crippen LogP contribution in [-0.4, -0.2) is 24.1 Å². The molecule has 0 saturated carbocycles. The lowest BCUT2D eigenvalue weighted by Gasteiger charge is -2.10. The topological polar surface area (TPSA) is 60.5 Å². The van der Waals surface area contributed by atoms with Gasteiger partial charge < -0.3 is 14.8 Å². The van der Waals surface area contributed by atoms with Gasteiger partial charge in [0.1, 0.15) is 5.75 Å². The number of nitrogens with one attached hydrogen (secondary N) is 1. The van der Waals surface area contributed by atoms with E-state index in [0.717, 1.165) is 15.8 Å². The third kappa shape index (κ3) is 5.85. The highest BCUT2D eigenvalue weighted by Crippen LogP contribution is 2.23. The molecule has 0 aliphatic carbocycles. The van der Waals surface area contributed by atoms with Gasteiger partial charge in [0.15, 0.2) is 0 Å². The van der Waals surface area contributed by atoms with E-state index in [2.05, 4.69) is 26.2 Å². The summed E-state index contributed by atoms with van der Waals surface area (Å²) in [5.74, 6) is 1.34. The standard InChI is InChI=1S/C18H21BrN2O3/c1-2-23-18-14(7-5-11-20-18)13-21-17(22)10-6-12-24-16-9-4-3-8-15(16)19/h3-5,7-9,11H,2,6,10,12-13H2,1H3,(H,21,22). The van der Waals surface area contributed by atoms with E-state index >= 15 is 0 Å². The fourth-order valence-corrected chi connectivity index (χ4v) is 2.48. The fourth-order valence-electron chi connectivity index (χ4n) is 2.08. The lowest BCUT2D eigenvalue weighted by Crippen LogP contribution is -2.23. The van der Waals surface area contributed by atoms with E-state index < -0.39 is 0 Å². The van der Waals surface area contributed by atoms with Gasteiger partial charge in [0.2, 0.25) is 11.8 Å². The zero-order valence-electron chi connectivity index (χ0n) is 13.6. The smallest absolute Gasteiger partial charge is 0.220 e. The second-order valence-electron chi connectivity index (χ2n) is 5.06. The van der Waals surface area contributed by atoms with Crippen LogP contribution in [0, 0.1) is 0 Å². The molecule has 0 unspecified atom stereocenters. The van der Waals surface area contributed by atoms with Crippen LogP contribution in [0.25, 0.3) is 0 Å². The Morgan fingerprint density at radius 3 is 2.83 bits per heavy atom. The van der Waals surface area contributed by atoms with E-state index in [1.54, 1.807) is 6.20 Å². The van der Waals surface area contributed by atoms with Crippen molar-refractivity contribution in [2.75, 3.05) is 13.2 Å². The Kier molecular flexibility index (Phi) is 7.55. The van der Waals surface area contributed by atoms with Gasteiger partial charge in [-0.3, -0.25) is 4.79 Å². The zero-order valence-corrected chi connectivity index (χ0v) is 15.2. The SMILES string of the molecule is CCOc1ncccc1CNC(=O)CCCOc1ccccc1Br. The molecule has 5 nitrogen and oxygen atoms in total. The number of amides is 1. The number of hydrogen-bond donors (Lipinski definition) is 1. The minimum absolute atomic E-state index is 0.0166. The molecule has 1 heterocycles. The van der Waals surface area contributed by atoms with Crippen molar-refractivity contribution >= 4 is 21.8 Å². The summed E-state index contributed by atoms with van der Waals surface area (Å²) in [4.78, 5) is 16.1. The fraction of sp³-hybridized carbons (Fsp3) is 0.333. The summed E-state index contributed by atoms with van der Waals surface area (Å²) in [5, 5.41) is 2.88. The van der Waals surface area contributed by atoms with Crippen LogP contribution < -0.4 is 14.8 Å². The van der Waals surface area contributed by atoms with Crippen molar-refractivity contribution in [1.82, 2.24) is 10.3 Å². The second-order valence-corrected chi connectivity index (χ2v) is 5.91. The average molecular weight is 393 g/mol. The van der Waals surface area contributed by atoms with E-state index in [-0.39, 0.29) is 5.91 Å². The number of carbonyl (C=O) groups is 1. The Bertz CT molecular complexity index is 664. The highest BCUT2D eigenvalue weighted by Gasteiger charge is 2.07. The summed E-state index contributed by atoms with van der Waals surface area (Å²) >= 11 is 3.43. The quantitative estimate of drug-likeness (QED) is 0.660. The summed E-state index contributed by atoms with van der Waals surface area (Å²) < 4.78 is 12.0. The molecule has 0 atom stereocenters. The van der Waals surface area contributed by atoms with Gasteiger partial charge in [0, 0.05) is 24.7 Å². The van der Waals surface area contributed by atoms with Gasteiger partial charge in [-0.2, -0.15) is 0 Å². The Balaban J connectivity index is 1.69. The molecule has 2 rings (SSSR count). The molecule has 0 bridgehead atoms. The Morgan fingerprint density at radius 1 is 1.21 bits per heavy atom. The van der Waals surface area contributed by atoms with Crippen molar-refractivity contribution < 1.29 is 14.3 Å². The van der Waals surface area contributed by atoms with Gasteiger partial charge in [-0.05, 0) is 47.5 Å². The van der Waals surface area contributed by atoms with Crippen molar-refractivity contribution in [3.05, 3.63) is 52.6 Å². The molecule has 1 amide bonds. The van der Waals surface area contributed by atoms with E-state index in [1.165, 1.54) is 0 Å². The number of benzene rings is 1. The number of halogens is 1. The normalized spacial score (nSPS) is 10.2. The largest absolute Gasteiger partial charge is 0.492 e. The lowest BCUT2D eigenvalue weighted by atomic mass is 10.2. The maximum atomic E-state index is 11.9. The van der Waals surface area contributed by atoms with Crippen molar-refractivity contribution in [2.45, 2.75) is 26.3 Å². The summed E-state index contributed by atoms with van der Waals surface area (Å²) in [6.45, 7) is 3.35. The van der Waals surface area contributed by atoms with Crippen LogP contribution in [0.5, 0.6) is 11.6 Å². The minimum Gasteiger partial charge on any atom is -0.492 e. The van der Waals surface area contributed by atoms with E-state index in [1.807, 2.05) is 43.3 Å². The molecule has 0 aliphatic heterocycles. The first-order valence-electron chi connectivity index (χ1n) is 7.91.